The van der Waals surface area contributed by atoms with Crippen molar-refractivity contribution in [2.75, 3.05) is 19.5 Å². The first-order valence-corrected chi connectivity index (χ1v) is 9.08. The van der Waals surface area contributed by atoms with Gasteiger partial charge in [0.25, 0.3) is 0 Å². The summed E-state index contributed by atoms with van der Waals surface area (Å²) in [5.74, 6) is 1.70. The number of carbonyl (C=O) groups excluding carboxylic acids is 1. The molecular formula is C22H20N4O3. The zero-order valence-corrected chi connectivity index (χ0v) is 16.1. The zero-order chi connectivity index (χ0) is 20.2. The molecule has 0 saturated carbocycles. The van der Waals surface area contributed by atoms with Crippen LogP contribution in [-0.4, -0.2) is 34.5 Å². The highest BCUT2D eigenvalue weighted by molar-refractivity contribution is 5.94. The Balaban J connectivity index is 1.60. The van der Waals surface area contributed by atoms with Crippen LogP contribution in [0.4, 0.5) is 5.69 Å². The molecule has 0 fully saturated rings. The molecule has 2 aromatic heterocycles. The lowest BCUT2D eigenvalue weighted by atomic mass is 10.1. The molecule has 0 unspecified atom stereocenters. The molecule has 0 atom stereocenters. The Bertz CT molecular complexity index is 1140. The molecule has 1 N–H and O–H groups in total. The standard InChI is InChI=1S/C22H20N4O3/c1-28-19-7-4-3-6-16(19)13-21(27)24-17-12-15(8-9-20(17)29-2)18-14-26-11-5-10-23-22(26)25-18/h3-12,14H,13H2,1-2H3,(H,24,27). The first-order valence-electron chi connectivity index (χ1n) is 9.08. The van der Waals surface area contributed by atoms with E-state index in [9.17, 15) is 4.79 Å². The summed E-state index contributed by atoms with van der Waals surface area (Å²) in [7, 11) is 3.16. The monoisotopic (exact) mass is 388 g/mol. The quantitative estimate of drug-likeness (QED) is 0.546. The summed E-state index contributed by atoms with van der Waals surface area (Å²) < 4.78 is 12.6. The molecular weight excluding hydrogens is 368 g/mol. The lowest BCUT2D eigenvalue weighted by Crippen LogP contribution is -2.15. The molecule has 4 aromatic rings. The van der Waals surface area contributed by atoms with Crippen LogP contribution in [0.2, 0.25) is 0 Å². The minimum absolute atomic E-state index is 0.165. The van der Waals surface area contributed by atoms with Gasteiger partial charge in [-0.15, -0.1) is 0 Å². The SMILES string of the molecule is COc1ccccc1CC(=O)Nc1cc(-c2cn3cccnc3n2)ccc1OC. The molecule has 0 aliphatic carbocycles. The molecule has 0 bridgehead atoms. The van der Waals surface area contributed by atoms with Crippen LogP contribution in [0.5, 0.6) is 11.5 Å². The van der Waals surface area contributed by atoms with E-state index >= 15 is 0 Å². The molecule has 1 amide bonds. The van der Waals surface area contributed by atoms with Gasteiger partial charge in [0, 0.05) is 29.7 Å². The van der Waals surface area contributed by atoms with E-state index in [1.807, 2.05) is 65.3 Å². The van der Waals surface area contributed by atoms with Crippen LogP contribution in [0.1, 0.15) is 5.56 Å². The molecule has 0 aliphatic heterocycles. The number of anilines is 1. The maximum Gasteiger partial charge on any atom is 0.234 e. The van der Waals surface area contributed by atoms with Gasteiger partial charge in [0.1, 0.15) is 11.5 Å². The highest BCUT2D eigenvalue weighted by atomic mass is 16.5. The Hall–Kier alpha value is -3.87. The van der Waals surface area contributed by atoms with Crippen LogP contribution in [0.25, 0.3) is 17.0 Å². The van der Waals surface area contributed by atoms with Crippen LogP contribution in [0.15, 0.2) is 67.1 Å². The highest BCUT2D eigenvalue weighted by Gasteiger charge is 2.13. The van der Waals surface area contributed by atoms with Gasteiger partial charge in [-0.05, 0) is 30.3 Å². The van der Waals surface area contributed by atoms with Crippen molar-refractivity contribution in [1.29, 1.82) is 0 Å². The van der Waals surface area contributed by atoms with Gasteiger partial charge in [0.05, 0.1) is 32.0 Å². The van der Waals surface area contributed by atoms with Crippen molar-refractivity contribution >= 4 is 17.4 Å². The predicted molar refractivity (Wildman–Crippen MR) is 110 cm³/mol. The first kappa shape index (κ1) is 18.5. The summed E-state index contributed by atoms with van der Waals surface area (Å²) in [6, 6.07) is 14.9. The van der Waals surface area contributed by atoms with E-state index in [0.717, 1.165) is 16.8 Å². The van der Waals surface area contributed by atoms with Crippen LogP contribution in [0.3, 0.4) is 0 Å². The number of nitrogens with one attached hydrogen (secondary N) is 1. The number of nitrogens with zero attached hydrogens (tertiary/aromatic N) is 3. The van der Waals surface area contributed by atoms with Gasteiger partial charge < -0.3 is 14.8 Å². The summed E-state index contributed by atoms with van der Waals surface area (Å²) in [5, 5.41) is 2.94. The van der Waals surface area contributed by atoms with E-state index in [2.05, 4.69) is 15.3 Å². The van der Waals surface area contributed by atoms with E-state index in [1.54, 1.807) is 20.4 Å². The van der Waals surface area contributed by atoms with Crippen molar-refractivity contribution in [2.45, 2.75) is 6.42 Å². The molecule has 29 heavy (non-hydrogen) atoms. The lowest BCUT2D eigenvalue weighted by Gasteiger charge is -2.12. The second-order valence-electron chi connectivity index (χ2n) is 6.40. The van der Waals surface area contributed by atoms with Crippen molar-refractivity contribution in [3.8, 4) is 22.8 Å². The summed E-state index contributed by atoms with van der Waals surface area (Å²) in [5.41, 5.74) is 3.00. The Morgan fingerprint density at radius 3 is 2.69 bits per heavy atom. The van der Waals surface area contributed by atoms with Gasteiger partial charge >= 0.3 is 0 Å². The van der Waals surface area contributed by atoms with Gasteiger partial charge in [-0.1, -0.05) is 18.2 Å². The number of fused-ring (bicyclic) bond motifs is 1. The fourth-order valence-electron chi connectivity index (χ4n) is 3.15. The third-order valence-corrected chi connectivity index (χ3v) is 4.55. The molecule has 7 nitrogen and oxygen atoms in total. The number of hydrogen-bond acceptors (Lipinski definition) is 5. The number of amides is 1. The molecule has 146 valence electrons. The van der Waals surface area contributed by atoms with E-state index in [-0.39, 0.29) is 12.3 Å². The Kier molecular flexibility index (Phi) is 5.11. The normalized spacial score (nSPS) is 10.7. The Morgan fingerprint density at radius 2 is 1.90 bits per heavy atom. The van der Waals surface area contributed by atoms with Crippen LogP contribution in [-0.2, 0) is 11.2 Å². The summed E-state index contributed by atoms with van der Waals surface area (Å²) in [6.07, 6.45) is 5.67. The van der Waals surface area contributed by atoms with Crippen molar-refractivity contribution in [1.82, 2.24) is 14.4 Å². The van der Waals surface area contributed by atoms with Crippen molar-refractivity contribution in [3.63, 3.8) is 0 Å². The number of para-hydroxylation sites is 1. The number of imidazole rings is 1. The maximum atomic E-state index is 12.7. The third kappa shape index (κ3) is 3.89. The number of ether oxygens (including phenoxy) is 2. The lowest BCUT2D eigenvalue weighted by molar-refractivity contribution is -0.115. The number of hydrogen-bond donors (Lipinski definition) is 1. The topological polar surface area (TPSA) is 77.8 Å². The molecule has 0 radical (unpaired) electrons. The van der Waals surface area contributed by atoms with Crippen LogP contribution in [0, 0.1) is 0 Å². The summed E-state index contributed by atoms with van der Waals surface area (Å²) in [6.45, 7) is 0. The van der Waals surface area contributed by atoms with Gasteiger partial charge in [-0.3, -0.25) is 9.20 Å². The average molecular weight is 388 g/mol. The van der Waals surface area contributed by atoms with Crippen LogP contribution < -0.4 is 14.8 Å². The number of aromatic nitrogens is 3. The Morgan fingerprint density at radius 1 is 1.07 bits per heavy atom. The number of methoxy groups -OCH3 is 2. The van der Waals surface area contributed by atoms with Gasteiger partial charge in [-0.25, -0.2) is 9.97 Å². The molecule has 4 rings (SSSR count). The van der Waals surface area contributed by atoms with Crippen molar-refractivity contribution in [2.24, 2.45) is 0 Å². The predicted octanol–water partition coefficient (Wildman–Crippen LogP) is 3.59. The van der Waals surface area contributed by atoms with E-state index in [0.29, 0.717) is 23.0 Å². The van der Waals surface area contributed by atoms with Gasteiger partial charge in [0.15, 0.2) is 0 Å². The zero-order valence-electron chi connectivity index (χ0n) is 16.1. The number of benzene rings is 2. The molecule has 2 heterocycles. The van der Waals surface area contributed by atoms with E-state index in [1.165, 1.54) is 0 Å². The van der Waals surface area contributed by atoms with Crippen molar-refractivity contribution < 1.29 is 14.3 Å². The molecule has 0 saturated heterocycles. The molecule has 0 spiro atoms. The molecule has 0 aliphatic rings. The fourth-order valence-corrected chi connectivity index (χ4v) is 3.15. The summed E-state index contributed by atoms with van der Waals surface area (Å²) in [4.78, 5) is 21.4. The number of rotatable bonds is 6. The second kappa shape index (κ2) is 8.02. The van der Waals surface area contributed by atoms with Gasteiger partial charge in [0.2, 0.25) is 11.7 Å². The minimum atomic E-state index is -0.165. The second-order valence-corrected chi connectivity index (χ2v) is 6.40. The summed E-state index contributed by atoms with van der Waals surface area (Å²) >= 11 is 0. The van der Waals surface area contributed by atoms with Gasteiger partial charge in [-0.2, -0.15) is 0 Å². The fraction of sp³-hybridized carbons (Fsp3) is 0.136. The smallest absolute Gasteiger partial charge is 0.234 e. The molecule has 2 aromatic carbocycles. The third-order valence-electron chi connectivity index (χ3n) is 4.55. The number of carbonyl (C=O) groups is 1. The van der Waals surface area contributed by atoms with E-state index < -0.39 is 0 Å². The van der Waals surface area contributed by atoms with Crippen LogP contribution >= 0.6 is 0 Å². The first-order chi connectivity index (χ1) is 14.2. The van der Waals surface area contributed by atoms with Crippen molar-refractivity contribution in [3.05, 3.63) is 72.7 Å². The highest BCUT2D eigenvalue weighted by Crippen LogP contribution is 2.30. The average Bonchev–Trinajstić information content (AvgIpc) is 3.18. The molecule has 7 heteroatoms. The minimum Gasteiger partial charge on any atom is -0.496 e. The Labute approximate surface area is 168 Å². The van der Waals surface area contributed by atoms with E-state index in [4.69, 9.17) is 9.47 Å². The largest absolute Gasteiger partial charge is 0.496 e. The maximum absolute atomic E-state index is 12.7.